The van der Waals surface area contributed by atoms with Crippen molar-refractivity contribution in [1.29, 1.82) is 0 Å². The fraction of sp³-hybridized carbons (Fsp3) is 0.828. The molecule has 0 aliphatic rings. The van der Waals surface area contributed by atoms with Gasteiger partial charge in [0, 0.05) is 13.5 Å². The van der Waals surface area contributed by atoms with Crippen LogP contribution >= 0.6 is 23.5 Å². The zero-order valence-corrected chi connectivity index (χ0v) is 30.6. The Hall–Kier alpha value is -1.99. The van der Waals surface area contributed by atoms with Gasteiger partial charge in [0.05, 0.1) is 0 Å². The number of carboxylic acid groups (broad SMARTS) is 1. The van der Waals surface area contributed by atoms with Gasteiger partial charge in [0.2, 0.25) is 6.41 Å². The Morgan fingerprint density at radius 2 is 1.07 bits per heavy atom. The number of rotatable bonds is 8. The molecule has 0 saturated carbocycles. The second kappa shape index (κ2) is 33.5. The molecule has 0 aliphatic heterocycles. The minimum atomic E-state index is -0.848. The monoisotopic (exact) mass is 647 g/mol. The number of hydrogen-bond donors (Lipinski definition) is 2. The van der Waals surface area contributed by atoms with Crippen molar-refractivity contribution in [2.75, 3.05) is 38.7 Å². The Kier molecular flexibility index (Phi) is 42.0. The van der Waals surface area contributed by atoms with Crippen LogP contribution in [-0.4, -0.2) is 97.5 Å². The molecule has 0 radical (unpaired) electrons. The fourth-order valence-electron chi connectivity index (χ4n) is 1.87. The minimum Gasteiger partial charge on any atom is -0.483 e. The molecule has 0 aromatic rings. The van der Waals surface area contributed by atoms with Crippen LogP contribution in [0.25, 0.3) is 0 Å². The van der Waals surface area contributed by atoms with Crippen molar-refractivity contribution >= 4 is 54.3 Å². The quantitative estimate of drug-likeness (QED) is 0.191. The number of amides is 1. The van der Waals surface area contributed by atoms with E-state index >= 15 is 0 Å². The van der Waals surface area contributed by atoms with E-state index in [1.807, 2.05) is 45.8 Å². The standard InChI is InChI=1S/C14H25NO5.C7H14O3.C3H8.2C2H6S.CH2O2/c1-13(2,3)19-11(17)8-7-10(15-9-16)12(18)20-14(4,5)6;1-7(2,3)10-6(8)5-9-4;3*1-3-2;2-1-3/h9-10H,7-8H2,1-6H3,(H,15,16);5H2,1-4H3;3H2,1-2H3;2*1-2H3;1H,(H,2,3). The largest absolute Gasteiger partial charge is 0.483 e. The van der Waals surface area contributed by atoms with E-state index in [1.165, 1.54) is 13.5 Å². The molecule has 0 saturated heterocycles. The molecular formula is C29H61NO10S2. The van der Waals surface area contributed by atoms with Gasteiger partial charge in [0.15, 0.2) is 0 Å². The van der Waals surface area contributed by atoms with Crippen LogP contribution < -0.4 is 5.32 Å². The summed E-state index contributed by atoms with van der Waals surface area (Å²) < 4.78 is 19.8. The molecule has 0 spiro atoms. The Morgan fingerprint density at radius 1 is 0.762 bits per heavy atom. The normalized spacial score (nSPS) is 10.6. The van der Waals surface area contributed by atoms with Crippen LogP contribution in [0.3, 0.4) is 0 Å². The van der Waals surface area contributed by atoms with E-state index in [1.54, 1.807) is 65.1 Å². The molecule has 0 aliphatic carbocycles. The maximum atomic E-state index is 11.9. The predicted octanol–water partition coefficient (Wildman–Crippen LogP) is 5.61. The first-order chi connectivity index (χ1) is 19.1. The number of nitrogens with one attached hydrogen (secondary N) is 1. The molecular weight excluding hydrogens is 586 g/mol. The number of hydrogen-bond acceptors (Lipinski definition) is 11. The van der Waals surface area contributed by atoms with Crippen LogP contribution in [0.2, 0.25) is 0 Å². The van der Waals surface area contributed by atoms with Crippen LogP contribution in [0.4, 0.5) is 0 Å². The highest BCUT2D eigenvalue weighted by molar-refractivity contribution is 7.98. The number of esters is 3. The van der Waals surface area contributed by atoms with Gasteiger partial charge in [-0.05, 0) is 93.8 Å². The third-order valence-electron chi connectivity index (χ3n) is 2.70. The lowest BCUT2D eigenvalue weighted by molar-refractivity contribution is -0.160. The van der Waals surface area contributed by atoms with Crippen molar-refractivity contribution in [2.45, 2.75) is 118 Å². The number of carbonyl (C=O) groups is 5. The Balaban J connectivity index is -0.000000122. The van der Waals surface area contributed by atoms with Gasteiger partial charge in [-0.25, -0.2) is 9.59 Å². The first kappa shape index (κ1) is 52.6. The van der Waals surface area contributed by atoms with Crippen molar-refractivity contribution in [3.05, 3.63) is 0 Å². The first-order valence-corrected chi connectivity index (χ1v) is 16.6. The molecule has 254 valence electrons. The van der Waals surface area contributed by atoms with Crippen molar-refractivity contribution in [1.82, 2.24) is 5.32 Å². The number of thioether (sulfide) groups is 2. The van der Waals surface area contributed by atoms with Gasteiger partial charge >= 0.3 is 17.9 Å². The van der Waals surface area contributed by atoms with Gasteiger partial charge in [-0.2, -0.15) is 23.5 Å². The van der Waals surface area contributed by atoms with Crippen LogP contribution in [0.1, 0.15) is 95.4 Å². The summed E-state index contributed by atoms with van der Waals surface area (Å²) in [5.74, 6) is -1.30. The smallest absolute Gasteiger partial charge is 0.332 e. The molecule has 11 nitrogen and oxygen atoms in total. The SMILES string of the molecule is CC(C)(C)OC(=O)CCC(NC=O)C(=O)OC(C)(C)C.CCC.COCC(=O)OC(C)(C)C.CSC.CSC.O=CO. The Bertz CT molecular complexity index is 652. The van der Waals surface area contributed by atoms with Crippen molar-refractivity contribution in [2.24, 2.45) is 0 Å². The lowest BCUT2D eigenvalue weighted by Gasteiger charge is -2.24. The third-order valence-corrected chi connectivity index (χ3v) is 2.70. The first-order valence-electron chi connectivity index (χ1n) is 13.3. The van der Waals surface area contributed by atoms with E-state index in [0.717, 1.165) is 0 Å². The summed E-state index contributed by atoms with van der Waals surface area (Å²) in [5, 5.41) is 9.25. The molecule has 0 aromatic carbocycles. The molecule has 0 fully saturated rings. The molecule has 1 unspecified atom stereocenters. The Labute approximate surface area is 264 Å². The maximum absolute atomic E-state index is 11.9. The zero-order chi connectivity index (χ0) is 35.0. The topological polar surface area (TPSA) is 155 Å². The lowest BCUT2D eigenvalue weighted by Crippen LogP contribution is -2.41. The van der Waals surface area contributed by atoms with E-state index in [4.69, 9.17) is 24.1 Å². The number of ether oxygens (including phenoxy) is 4. The van der Waals surface area contributed by atoms with Crippen molar-refractivity contribution < 1.29 is 48.0 Å². The van der Waals surface area contributed by atoms with Crippen molar-refractivity contribution in [3.63, 3.8) is 0 Å². The highest BCUT2D eigenvalue weighted by Crippen LogP contribution is 2.13. The molecule has 42 heavy (non-hydrogen) atoms. The van der Waals surface area contributed by atoms with E-state index in [2.05, 4.69) is 23.9 Å². The maximum Gasteiger partial charge on any atom is 0.332 e. The molecule has 0 rings (SSSR count). The predicted molar refractivity (Wildman–Crippen MR) is 175 cm³/mol. The van der Waals surface area contributed by atoms with E-state index in [9.17, 15) is 19.2 Å². The summed E-state index contributed by atoms with van der Waals surface area (Å²) in [5.41, 5.74) is -1.63. The lowest BCUT2D eigenvalue weighted by atomic mass is 10.1. The van der Waals surface area contributed by atoms with Crippen LogP contribution in [0.5, 0.6) is 0 Å². The Morgan fingerprint density at radius 3 is 1.33 bits per heavy atom. The average Bonchev–Trinajstić information content (AvgIpc) is 2.76. The van der Waals surface area contributed by atoms with Gasteiger partial charge in [0.1, 0.15) is 29.5 Å². The van der Waals surface area contributed by atoms with Gasteiger partial charge in [0.25, 0.3) is 6.47 Å². The van der Waals surface area contributed by atoms with Gasteiger partial charge in [-0.1, -0.05) is 20.3 Å². The van der Waals surface area contributed by atoms with E-state index in [0.29, 0.717) is 6.41 Å². The minimum absolute atomic E-state index is 0.0251. The highest BCUT2D eigenvalue weighted by Gasteiger charge is 2.26. The van der Waals surface area contributed by atoms with Crippen molar-refractivity contribution in [3.8, 4) is 0 Å². The zero-order valence-electron chi connectivity index (χ0n) is 29.0. The molecule has 1 atom stereocenters. The summed E-state index contributed by atoms with van der Waals surface area (Å²) in [4.78, 5) is 53.0. The van der Waals surface area contributed by atoms with E-state index < -0.39 is 34.8 Å². The average molecular weight is 648 g/mol. The summed E-state index contributed by atoms with van der Waals surface area (Å²) >= 11 is 3.50. The molecule has 13 heteroatoms. The number of carbonyl (C=O) groups excluding carboxylic acids is 4. The second-order valence-electron chi connectivity index (χ2n) is 11.1. The third kappa shape index (κ3) is 66.4. The molecule has 1 amide bonds. The fourth-order valence-corrected chi connectivity index (χ4v) is 1.87. The van der Waals surface area contributed by atoms with Gasteiger partial charge in [-0.3, -0.25) is 14.4 Å². The van der Waals surface area contributed by atoms with Gasteiger partial charge in [-0.15, -0.1) is 0 Å². The summed E-state index contributed by atoms with van der Waals surface area (Å²) in [6.07, 6.45) is 10.0. The number of methoxy groups -OCH3 is 1. The molecule has 0 bridgehead atoms. The van der Waals surface area contributed by atoms with Crippen LogP contribution in [-0.2, 0) is 42.9 Å². The van der Waals surface area contributed by atoms with E-state index in [-0.39, 0.29) is 31.9 Å². The second-order valence-corrected chi connectivity index (χ2v) is 12.8. The summed E-state index contributed by atoms with van der Waals surface area (Å²) in [6, 6.07) is -0.848. The summed E-state index contributed by atoms with van der Waals surface area (Å²) in [7, 11) is 1.46. The van der Waals surface area contributed by atoms with Gasteiger partial charge < -0.3 is 29.4 Å². The molecule has 0 aromatic heterocycles. The van der Waals surface area contributed by atoms with Crippen LogP contribution in [0.15, 0.2) is 0 Å². The molecule has 2 N–H and O–H groups in total. The highest BCUT2D eigenvalue weighted by atomic mass is 32.2. The van der Waals surface area contributed by atoms with Crippen LogP contribution in [0, 0.1) is 0 Å². The summed E-state index contributed by atoms with van der Waals surface area (Å²) in [6.45, 7) is 20.0. The molecule has 0 heterocycles.